The molecule has 1 N–H and O–H groups in total. The van der Waals surface area contributed by atoms with Gasteiger partial charge < -0.3 is 5.11 Å². The molecule has 0 fully saturated rings. The largest absolute Gasteiger partial charge is 0.481 e. The van der Waals surface area contributed by atoms with Crippen molar-refractivity contribution in [2.24, 2.45) is 0 Å². The molecule has 0 aromatic carbocycles. The van der Waals surface area contributed by atoms with Crippen molar-refractivity contribution in [1.82, 2.24) is 4.98 Å². The van der Waals surface area contributed by atoms with Crippen LogP contribution in [0, 0.1) is 10.1 Å². The van der Waals surface area contributed by atoms with Gasteiger partial charge in [-0.2, -0.15) is 0 Å². The van der Waals surface area contributed by atoms with Crippen LogP contribution in [0.5, 0.6) is 0 Å². The second-order valence-electron chi connectivity index (χ2n) is 2.95. The van der Waals surface area contributed by atoms with Gasteiger partial charge in [0, 0.05) is 6.20 Å². The van der Waals surface area contributed by atoms with Gasteiger partial charge >= 0.3 is 5.97 Å². The van der Waals surface area contributed by atoms with Crippen LogP contribution < -0.4 is 0 Å². The molecule has 0 saturated heterocycles. The SMILES string of the molecule is O=C(O)Cc1ncc(C(F)F)c([N+](=O)[O-])c1Cl. The van der Waals surface area contributed by atoms with Crippen LogP contribution in [0.15, 0.2) is 6.20 Å². The van der Waals surface area contributed by atoms with Crippen LogP contribution in [0.1, 0.15) is 17.7 Å². The molecule has 1 aromatic heterocycles. The number of rotatable bonds is 4. The van der Waals surface area contributed by atoms with E-state index >= 15 is 0 Å². The number of alkyl halides is 2. The summed E-state index contributed by atoms with van der Waals surface area (Å²) in [5.74, 6) is -1.32. The summed E-state index contributed by atoms with van der Waals surface area (Å²) in [7, 11) is 0. The molecule has 0 spiro atoms. The van der Waals surface area contributed by atoms with E-state index < -0.39 is 40.0 Å². The van der Waals surface area contributed by atoms with Gasteiger partial charge in [0.05, 0.1) is 17.0 Å². The number of hydrogen-bond acceptors (Lipinski definition) is 4. The molecule has 0 aliphatic rings. The number of nitrogens with zero attached hydrogens (tertiary/aromatic N) is 2. The summed E-state index contributed by atoms with van der Waals surface area (Å²) in [5.41, 5.74) is -2.27. The summed E-state index contributed by atoms with van der Waals surface area (Å²) in [6, 6.07) is 0. The minimum absolute atomic E-state index is 0.324. The summed E-state index contributed by atoms with van der Waals surface area (Å²) in [5, 5.41) is 18.4. The second kappa shape index (κ2) is 5.00. The Bertz CT molecular complexity index is 481. The van der Waals surface area contributed by atoms with Gasteiger partial charge in [-0.05, 0) is 0 Å². The number of hydrogen-bond donors (Lipinski definition) is 1. The van der Waals surface area contributed by atoms with Gasteiger partial charge in [0.1, 0.15) is 10.6 Å². The zero-order valence-electron chi connectivity index (χ0n) is 8.06. The molecule has 17 heavy (non-hydrogen) atoms. The molecule has 0 saturated carbocycles. The highest BCUT2D eigenvalue weighted by atomic mass is 35.5. The van der Waals surface area contributed by atoms with Gasteiger partial charge in [-0.1, -0.05) is 11.6 Å². The number of pyridine rings is 1. The summed E-state index contributed by atoms with van der Waals surface area (Å²) in [6.45, 7) is 0. The molecule has 1 heterocycles. The maximum absolute atomic E-state index is 12.4. The van der Waals surface area contributed by atoms with E-state index in [1.807, 2.05) is 0 Å². The molecule has 0 atom stereocenters. The van der Waals surface area contributed by atoms with Crippen molar-refractivity contribution in [1.29, 1.82) is 0 Å². The number of aromatic nitrogens is 1. The fourth-order valence-electron chi connectivity index (χ4n) is 1.14. The highest BCUT2D eigenvalue weighted by Gasteiger charge is 2.28. The molecule has 0 radical (unpaired) electrons. The highest BCUT2D eigenvalue weighted by Crippen LogP contribution is 2.35. The molecular formula is C8H5ClF2N2O4. The molecule has 0 bridgehead atoms. The summed E-state index contributed by atoms with van der Waals surface area (Å²) < 4.78 is 24.9. The first-order valence-corrected chi connectivity index (χ1v) is 4.54. The van der Waals surface area contributed by atoms with Crippen molar-refractivity contribution in [2.45, 2.75) is 12.8 Å². The van der Waals surface area contributed by atoms with Crippen molar-refractivity contribution in [3.8, 4) is 0 Å². The van der Waals surface area contributed by atoms with E-state index in [0.29, 0.717) is 6.20 Å². The van der Waals surface area contributed by atoms with Crippen LogP contribution >= 0.6 is 11.6 Å². The fraction of sp³-hybridized carbons (Fsp3) is 0.250. The topological polar surface area (TPSA) is 93.3 Å². The average molecular weight is 267 g/mol. The van der Waals surface area contributed by atoms with Crippen LogP contribution in [0.3, 0.4) is 0 Å². The van der Waals surface area contributed by atoms with Crippen LogP contribution in [-0.2, 0) is 11.2 Å². The maximum Gasteiger partial charge on any atom is 0.309 e. The monoisotopic (exact) mass is 266 g/mol. The molecule has 92 valence electrons. The lowest BCUT2D eigenvalue weighted by Gasteiger charge is -2.05. The quantitative estimate of drug-likeness (QED) is 0.666. The Hall–Kier alpha value is -1.83. The molecular weight excluding hydrogens is 262 g/mol. The Morgan fingerprint density at radius 2 is 2.24 bits per heavy atom. The van der Waals surface area contributed by atoms with E-state index in [0.717, 1.165) is 0 Å². The Morgan fingerprint density at radius 1 is 1.65 bits per heavy atom. The lowest BCUT2D eigenvalue weighted by Crippen LogP contribution is -2.07. The predicted octanol–water partition coefficient (Wildman–Crippen LogP) is 2.21. The number of carbonyl (C=O) groups is 1. The van der Waals surface area contributed by atoms with Crippen LogP contribution in [0.2, 0.25) is 5.02 Å². The number of nitro groups is 1. The number of halogens is 3. The van der Waals surface area contributed by atoms with Gasteiger partial charge in [-0.25, -0.2) is 8.78 Å². The Kier molecular flexibility index (Phi) is 3.89. The first-order valence-electron chi connectivity index (χ1n) is 4.16. The van der Waals surface area contributed by atoms with E-state index in [1.54, 1.807) is 0 Å². The molecule has 9 heteroatoms. The summed E-state index contributed by atoms with van der Waals surface area (Å²) in [6.07, 6.45) is -3.23. The van der Waals surface area contributed by atoms with Crippen molar-refractivity contribution >= 4 is 23.3 Å². The highest BCUT2D eigenvalue weighted by molar-refractivity contribution is 6.33. The summed E-state index contributed by atoms with van der Waals surface area (Å²) in [4.78, 5) is 23.3. The Labute approximate surface area is 98.0 Å². The van der Waals surface area contributed by atoms with Gasteiger partial charge in [0.25, 0.3) is 12.1 Å². The summed E-state index contributed by atoms with van der Waals surface area (Å²) >= 11 is 5.50. The molecule has 0 amide bonds. The normalized spacial score (nSPS) is 10.6. The van der Waals surface area contributed by atoms with Gasteiger partial charge in [-0.15, -0.1) is 0 Å². The maximum atomic E-state index is 12.4. The number of aliphatic carboxylic acids is 1. The first-order chi connectivity index (χ1) is 7.84. The smallest absolute Gasteiger partial charge is 0.309 e. The van der Waals surface area contributed by atoms with Crippen molar-refractivity contribution in [2.75, 3.05) is 0 Å². The Balaban J connectivity index is 3.38. The molecule has 6 nitrogen and oxygen atoms in total. The average Bonchev–Trinajstić information content (AvgIpc) is 2.19. The van der Waals surface area contributed by atoms with E-state index in [9.17, 15) is 23.7 Å². The van der Waals surface area contributed by atoms with Crippen LogP contribution in [-0.4, -0.2) is 21.0 Å². The van der Waals surface area contributed by atoms with Crippen molar-refractivity contribution in [3.05, 3.63) is 32.6 Å². The Morgan fingerprint density at radius 3 is 2.65 bits per heavy atom. The number of carboxylic acids is 1. The zero-order valence-corrected chi connectivity index (χ0v) is 8.82. The van der Waals surface area contributed by atoms with E-state index in [1.165, 1.54) is 0 Å². The lowest BCUT2D eigenvalue weighted by molar-refractivity contribution is -0.386. The van der Waals surface area contributed by atoms with Gasteiger partial charge in [-0.3, -0.25) is 19.9 Å². The first kappa shape index (κ1) is 13.2. The molecule has 1 rings (SSSR count). The van der Waals surface area contributed by atoms with E-state index in [2.05, 4.69) is 4.98 Å². The standard InChI is InChI=1S/C8H5ClF2N2O4/c9-6-4(1-5(14)15)12-2-3(8(10)11)7(6)13(16)17/h2,8H,1H2,(H,14,15). The molecule has 0 aliphatic heterocycles. The fourth-order valence-corrected chi connectivity index (χ4v) is 1.43. The molecule has 0 aliphatic carbocycles. The zero-order chi connectivity index (χ0) is 13.2. The number of carboxylic acid groups (broad SMARTS) is 1. The van der Waals surface area contributed by atoms with E-state index in [4.69, 9.17) is 16.7 Å². The predicted molar refractivity (Wildman–Crippen MR) is 52.2 cm³/mol. The molecule has 0 unspecified atom stereocenters. The second-order valence-corrected chi connectivity index (χ2v) is 3.33. The van der Waals surface area contributed by atoms with Gasteiger partial charge in [0.2, 0.25) is 0 Å². The lowest BCUT2D eigenvalue weighted by atomic mass is 10.2. The van der Waals surface area contributed by atoms with E-state index in [-0.39, 0.29) is 5.69 Å². The van der Waals surface area contributed by atoms with Crippen LogP contribution in [0.25, 0.3) is 0 Å². The van der Waals surface area contributed by atoms with Crippen LogP contribution in [0.4, 0.5) is 14.5 Å². The third-order valence-electron chi connectivity index (χ3n) is 1.83. The molecule has 1 aromatic rings. The van der Waals surface area contributed by atoms with Crippen molar-refractivity contribution < 1.29 is 23.6 Å². The third-order valence-corrected chi connectivity index (χ3v) is 2.23. The minimum atomic E-state index is -3.11. The third kappa shape index (κ3) is 2.84. The van der Waals surface area contributed by atoms with Crippen molar-refractivity contribution in [3.63, 3.8) is 0 Å². The minimum Gasteiger partial charge on any atom is -0.481 e. The van der Waals surface area contributed by atoms with Gasteiger partial charge in [0.15, 0.2) is 0 Å².